The lowest BCUT2D eigenvalue weighted by molar-refractivity contribution is 0.0516. The molecule has 0 fully saturated rings. The molecule has 1 aromatic heterocycles. The number of aromatic nitrogens is 2. The third kappa shape index (κ3) is 3.28. The Bertz CT molecular complexity index is 668. The van der Waals surface area contributed by atoms with Crippen LogP contribution >= 0.6 is 11.6 Å². The number of ether oxygens (including phenoxy) is 1. The highest BCUT2D eigenvalue weighted by atomic mass is 35.5. The van der Waals surface area contributed by atoms with Crippen LogP contribution < -0.4 is 0 Å². The van der Waals surface area contributed by atoms with E-state index in [9.17, 15) is 14.0 Å². The molecule has 5 nitrogen and oxygen atoms in total. The number of hydrogen-bond donors (Lipinski definition) is 0. The first-order valence-corrected chi connectivity index (χ1v) is 6.57. The van der Waals surface area contributed by atoms with Gasteiger partial charge in [-0.15, -0.1) is 0 Å². The van der Waals surface area contributed by atoms with Gasteiger partial charge in [-0.25, -0.2) is 13.9 Å². The summed E-state index contributed by atoms with van der Waals surface area (Å²) in [4.78, 5) is 22.8. The molecular weight excluding hydrogens is 299 g/mol. The minimum atomic E-state index is -0.709. The minimum absolute atomic E-state index is 0.0165. The molecule has 0 aliphatic rings. The summed E-state index contributed by atoms with van der Waals surface area (Å²) < 4.78 is 19.0. The van der Waals surface area contributed by atoms with E-state index in [4.69, 9.17) is 16.3 Å². The monoisotopic (exact) mass is 310 g/mol. The predicted octanol–water partition coefficient (Wildman–Crippen LogP) is 2.71. The molecule has 1 heterocycles. The summed E-state index contributed by atoms with van der Waals surface area (Å²) in [6, 6.07) is 5.75. The van der Waals surface area contributed by atoms with Crippen molar-refractivity contribution in [2.24, 2.45) is 0 Å². The fourth-order valence-electron chi connectivity index (χ4n) is 1.78. The summed E-state index contributed by atoms with van der Waals surface area (Å²) in [6.45, 7) is 2.02. The number of benzene rings is 1. The highest BCUT2D eigenvalue weighted by Gasteiger charge is 2.22. The van der Waals surface area contributed by atoms with E-state index in [-0.39, 0.29) is 35.4 Å². The van der Waals surface area contributed by atoms with Crippen molar-refractivity contribution in [3.63, 3.8) is 0 Å². The first-order chi connectivity index (χ1) is 10.1. The van der Waals surface area contributed by atoms with Gasteiger partial charge in [0.05, 0.1) is 18.7 Å². The van der Waals surface area contributed by atoms with Gasteiger partial charge >= 0.3 is 5.97 Å². The van der Waals surface area contributed by atoms with E-state index in [0.29, 0.717) is 6.29 Å². The predicted molar refractivity (Wildman–Crippen MR) is 74.1 cm³/mol. The molecule has 2 aromatic rings. The van der Waals surface area contributed by atoms with Crippen molar-refractivity contribution in [1.82, 2.24) is 9.78 Å². The van der Waals surface area contributed by atoms with E-state index < -0.39 is 5.97 Å². The van der Waals surface area contributed by atoms with Crippen molar-refractivity contribution < 1.29 is 18.7 Å². The van der Waals surface area contributed by atoms with Gasteiger partial charge in [0.2, 0.25) is 0 Å². The Morgan fingerprint density at radius 3 is 2.67 bits per heavy atom. The zero-order valence-corrected chi connectivity index (χ0v) is 11.9. The van der Waals surface area contributed by atoms with Gasteiger partial charge in [-0.1, -0.05) is 23.7 Å². The van der Waals surface area contributed by atoms with Crippen LogP contribution in [0.4, 0.5) is 4.39 Å². The first kappa shape index (κ1) is 15.2. The van der Waals surface area contributed by atoms with Gasteiger partial charge in [0, 0.05) is 0 Å². The Hall–Kier alpha value is -2.21. The molecule has 0 atom stereocenters. The molecule has 0 bridgehead atoms. The molecule has 0 saturated heterocycles. The van der Waals surface area contributed by atoms with Crippen molar-refractivity contribution in [3.8, 4) is 0 Å². The molecule has 0 amide bonds. The average Bonchev–Trinajstić information content (AvgIpc) is 2.78. The largest absolute Gasteiger partial charge is 0.461 e. The molecule has 0 aliphatic heterocycles. The lowest BCUT2D eigenvalue weighted by Crippen LogP contribution is -2.09. The summed E-state index contributed by atoms with van der Waals surface area (Å²) in [5.41, 5.74) is 0.588. The van der Waals surface area contributed by atoms with Crippen LogP contribution in [0.5, 0.6) is 0 Å². The summed E-state index contributed by atoms with van der Waals surface area (Å²) in [5.74, 6) is -1.06. The molecule has 2 rings (SSSR count). The minimum Gasteiger partial charge on any atom is -0.461 e. The smallest absolute Gasteiger partial charge is 0.359 e. The number of carbonyl (C=O) groups excluding carboxylic acids is 2. The van der Waals surface area contributed by atoms with Crippen LogP contribution in [0.1, 0.15) is 33.3 Å². The Morgan fingerprint density at radius 1 is 1.43 bits per heavy atom. The molecule has 0 unspecified atom stereocenters. The number of aldehydes is 1. The van der Waals surface area contributed by atoms with E-state index in [1.807, 2.05) is 0 Å². The molecule has 7 heteroatoms. The topological polar surface area (TPSA) is 61.2 Å². The zero-order chi connectivity index (χ0) is 15.4. The van der Waals surface area contributed by atoms with Crippen LogP contribution in [0, 0.1) is 5.82 Å². The van der Waals surface area contributed by atoms with Crippen LogP contribution in [-0.4, -0.2) is 28.6 Å². The van der Waals surface area contributed by atoms with Crippen molar-refractivity contribution in [1.29, 1.82) is 0 Å². The normalized spacial score (nSPS) is 10.4. The van der Waals surface area contributed by atoms with E-state index in [1.54, 1.807) is 19.1 Å². The quantitative estimate of drug-likeness (QED) is 0.629. The second-order valence-electron chi connectivity index (χ2n) is 4.18. The SMILES string of the molecule is CCOC(=O)c1nn(Cc2ccc(F)cc2)c(Cl)c1C=O. The Kier molecular flexibility index (Phi) is 4.70. The number of carbonyl (C=O) groups is 2. The van der Waals surface area contributed by atoms with Gasteiger partial charge in [0.15, 0.2) is 12.0 Å². The second kappa shape index (κ2) is 6.49. The third-order valence-corrected chi connectivity index (χ3v) is 3.16. The third-order valence-electron chi connectivity index (χ3n) is 2.76. The van der Waals surface area contributed by atoms with E-state index in [1.165, 1.54) is 16.8 Å². The van der Waals surface area contributed by atoms with Gasteiger partial charge in [0.1, 0.15) is 11.0 Å². The molecular formula is C14H12ClFN2O3. The van der Waals surface area contributed by atoms with Crippen molar-refractivity contribution in [3.05, 3.63) is 52.1 Å². The fraction of sp³-hybridized carbons (Fsp3) is 0.214. The number of nitrogens with zero attached hydrogens (tertiary/aromatic N) is 2. The molecule has 110 valence electrons. The molecule has 0 aliphatic carbocycles. The average molecular weight is 311 g/mol. The summed E-state index contributed by atoms with van der Waals surface area (Å²) in [5, 5.41) is 4.04. The maximum atomic E-state index is 12.9. The molecule has 1 aromatic carbocycles. The summed E-state index contributed by atoms with van der Waals surface area (Å²) >= 11 is 6.04. The van der Waals surface area contributed by atoms with Crippen molar-refractivity contribution >= 4 is 23.9 Å². The Labute approximate surface area is 125 Å². The highest BCUT2D eigenvalue weighted by molar-refractivity contribution is 6.32. The van der Waals surface area contributed by atoms with Crippen molar-refractivity contribution in [2.75, 3.05) is 6.61 Å². The molecule has 0 N–H and O–H groups in total. The van der Waals surface area contributed by atoms with Gasteiger partial charge in [-0.05, 0) is 24.6 Å². The molecule has 0 saturated carbocycles. The van der Waals surface area contributed by atoms with Gasteiger partial charge in [-0.3, -0.25) is 4.79 Å². The Morgan fingerprint density at radius 2 is 2.10 bits per heavy atom. The van der Waals surface area contributed by atoms with Crippen LogP contribution in [0.25, 0.3) is 0 Å². The molecule has 0 radical (unpaired) electrons. The number of rotatable bonds is 5. The maximum Gasteiger partial charge on any atom is 0.359 e. The van der Waals surface area contributed by atoms with Gasteiger partial charge < -0.3 is 4.74 Å². The van der Waals surface area contributed by atoms with E-state index in [2.05, 4.69) is 5.10 Å². The number of hydrogen-bond acceptors (Lipinski definition) is 4. The first-order valence-electron chi connectivity index (χ1n) is 6.19. The highest BCUT2D eigenvalue weighted by Crippen LogP contribution is 2.20. The standard InChI is InChI=1S/C14H12ClFN2O3/c1-2-21-14(20)12-11(8-19)13(15)18(17-12)7-9-3-5-10(16)6-4-9/h3-6,8H,2,7H2,1H3. The zero-order valence-electron chi connectivity index (χ0n) is 11.2. The summed E-state index contributed by atoms with van der Waals surface area (Å²) in [7, 11) is 0. The van der Waals surface area contributed by atoms with Crippen molar-refractivity contribution in [2.45, 2.75) is 13.5 Å². The van der Waals surface area contributed by atoms with Gasteiger partial charge in [0.25, 0.3) is 0 Å². The molecule has 0 spiro atoms. The van der Waals surface area contributed by atoms with E-state index >= 15 is 0 Å². The van der Waals surface area contributed by atoms with Gasteiger partial charge in [-0.2, -0.15) is 5.10 Å². The van der Waals surface area contributed by atoms with Crippen LogP contribution in [0.2, 0.25) is 5.15 Å². The number of esters is 1. The second-order valence-corrected chi connectivity index (χ2v) is 4.53. The molecule has 21 heavy (non-hydrogen) atoms. The maximum absolute atomic E-state index is 12.9. The summed E-state index contributed by atoms with van der Waals surface area (Å²) in [6.07, 6.45) is 0.461. The van der Waals surface area contributed by atoms with Crippen LogP contribution in [0.3, 0.4) is 0 Å². The fourth-order valence-corrected chi connectivity index (χ4v) is 2.01. The number of halogens is 2. The Balaban J connectivity index is 2.34. The van der Waals surface area contributed by atoms with E-state index in [0.717, 1.165) is 5.56 Å². The lowest BCUT2D eigenvalue weighted by atomic mass is 10.2. The lowest BCUT2D eigenvalue weighted by Gasteiger charge is -2.03. The van der Waals surface area contributed by atoms with Crippen LogP contribution in [-0.2, 0) is 11.3 Å². The van der Waals surface area contributed by atoms with Crippen LogP contribution in [0.15, 0.2) is 24.3 Å².